The molecule has 20 heavy (non-hydrogen) atoms. The van der Waals surface area contributed by atoms with Gasteiger partial charge in [0.1, 0.15) is 0 Å². The number of hydrogen-bond donors (Lipinski definition) is 1. The molecule has 0 bridgehead atoms. The third-order valence-electron chi connectivity index (χ3n) is 3.58. The number of halogens is 1. The number of piperazine rings is 1. The molecule has 0 unspecified atom stereocenters. The molecule has 1 N–H and O–H groups in total. The van der Waals surface area contributed by atoms with Gasteiger partial charge in [0.15, 0.2) is 0 Å². The highest BCUT2D eigenvalue weighted by molar-refractivity contribution is 9.10. The van der Waals surface area contributed by atoms with Crippen LogP contribution in [-0.2, 0) is 16.6 Å². The van der Waals surface area contributed by atoms with Gasteiger partial charge in [-0.2, -0.15) is 4.31 Å². The summed E-state index contributed by atoms with van der Waals surface area (Å²) < 4.78 is 27.3. The Hall–Kier alpha value is -0.470. The Morgan fingerprint density at radius 3 is 2.40 bits per heavy atom. The van der Waals surface area contributed by atoms with Crippen LogP contribution in [0.2, 0.25) is 0 Å². The van der Waals surface area contributed by atoms with Crippen LogP contribution in [0, 0.1) is 0 Å². The Balaban J connectivity index is 2.23. The third kappa shape index (κ3) is 3.23. The maximum atomic E-state index is 12.6. The summed E-state index contributed by atoms with van der Waals surface area (Å²) in [6.45, 7) is 5.49. The molecule has 0 aromatic heterocycles. The van der Waals surface area contributed by atoms with Gasteiger partial charge < -0.3 is 10.0 Å². The lowest BCUT2D eigenvalue weighted by molar-refractivity contribution is 0.196. The van der Waals surface area contributed by atoms with Gasteiger partial charge in [-0.1, -0.05) is 13.0 Å². The predicted octanol–water partition coefficient (Wildman–Crippen LogP) is 1.27. The molecule has 1 aliphatic heterocycles. The molecule has 1 aliphatic rings. The fraction of sp³-hybridized carbons (Fsp3) is 0.538. The molecule has 1 fully saturated rings. The zero-order valence-corrected chi connectivity index (χ0v) is 13.8. The van der Waals surface area contributed by atoms with Gasteiger partial charge in [-0.15, -0.1) is 0 Å². The lowest BCUT2D eigenvalue weighted by atomic mass is 10.2. The molecule has 0 aliphatic carbocycles. The van der Waals surface area contributed by atoms with E-state index in [1.165, 1.54) is 4.31 Å². The molecule has 0 radical (unpaired) electrons. The summed E-state index contributed by atoms with van der Waals surface area (Å²) in [5.41, 5.74) is 0.687. The standard InChI is InChI=1S/C13H19BrN2O3S/c1-2-15-5-7-16(8-6-15)20(18,19)13-4-3-11(10-17)9-12(13)14/h3-4,9,17H,2,5-8,10H2,1H3. The largest absolute Gasteiger partial charge is 0.392 e. The molecule has 0 amide bonds. The monoisotopic (exact) mass is 362 g/mol. The number of rotatable bonds is 4. The van der Waals surface area contributed by atoms with Crippen molar-refractivity contribution >= 4 is 26.0 Å². The van der Waals surface area contributed by atoms with Gasteiger partial charge in [-0.25, -0.2) is 8.42 Å². The number of aliphatic hydroxyl groups excluding tert-OH is 1. The lowest BCUT2D eigenvalue weighted by Crippen LogP contribution is -2.48. The van der Waals surface area contributed by atoms with E-state index in [0.29, 0.717) is 23.1 Å². The first-order chi connectivity index (χ1) is 9.48. The molecule has 2 rings (SSSR count). The minimum Gasteiger partial charge on any atom is -0.392 e. The summed E-state index contributed by atoms with van der Waals surface area (Å²) in [5.74, 6) is 0. The van der Waals surface area contributed by atoms with Gasteiger partial charge in [0.25, 0.3) is 0 Å². The van der Waals surface area contributed by atoms with Crippen molar-refractivity contribution in [2.45, 2.75) is 18.4 Å². The van der Waals surface area contributed by atoms with Crippen molar-refractivity contribution in [3.05, 3.63) is 28.2 Å². The zero-order chi connectivity index (χ0) is 14.8. The minimum atomic E-state index is -3.47. The summed E-state index contributed by atoms with van der Waals surface area (Å²) in [6.07, 6.45) is 0. The summed E-state index contributed by atoms with van der Waals surface area (Å²) >= 11 is 3.29. The van der Waals surface area contributed by atoms with E-state index in [9.17, 15) is 8.42 Å². The minimum absolute atomic E-state index is 0.103. The van der Waals surface area contributed by atoms with Crippen molar-refractivity contribution in [2.75, 3.05) is 32.7 Å². The first kappa shape index (κ1) is 15.9. The summed E-state index contributed by atoms with van der Waals surface area (Å²) in [7, 11) is -3.47. The van der Waals surface area contributed by atoms with Crippen LogP contribution in [0.15, 0.2) is 27.6 Å². The van der Waals surface area contributed by atoms with Crippen LogP contribution in [0.1, 0.15) is 12.5 Å². The normalized spacial score (nSPS) is 18.4. The average molecular weight is 363 g/mol. The molecule has 1 aromatic rings. The maximum absolute atomic E-state index is 12.6. The van der Waals surface area contributed by atoms with Gasteiger partial charge in [0, 0.05) is 30.7 Å². The molecule has 0 spiro atoms. The van der Waals surface area contributed by atoms with E-state index in [-0.39, 0.29) is 11.5 Å². The van der Waals surface area contributed by atoms with Gasteiger partial charge in [-0.3, -0.25) is 0 Å². The van der Waals surface area contributed by atoms with Crippen molar-refractivity contribution < 1.29 is 13.5 Å². The molecule has 1 heterocycles. The molecule has 0 atom stereocenters. The van der Waals surface area contributed by atoms with Crippen molar-refractivity contribution in [3.63, 3.8) is 0 Å². The van der Waals surface area contributed by atoms with E-state index >= 15 is 0 Å². The quantitative estimate of drug-likeness (QED) is 0.875. The summed E-state index contributed by atoms with van der Waals surface area (Å²) in [5, 5.41) is 9.07. The van der Waals surface area contributed by atoms with Gasteiger partial charge >= 0.3 is 0 Å². The number of nitrogens with zero attached hydrogens (tertiary/aromatic N) is 2. The number of likely N-dealkylation sites (N-methyl/N-ethyl adjacent to an activating group) is 1. The second kappa shape index (κ2) is 6.53. The smallest absolute Gasteiger partial charge is 0.244 e. The SMILES string of the molecule is CCN1CCN(S(=O)(=O)c2ccc(CO)cc2Br)CC1. The highest BCUT2D eigenvalue weighted by Crippen LogP contribution is 2.27. The summed E-state index contributed by atoms with van der Waals surface area (Å²) in [4.78, 5) is 2.50. The van der Waals surface area contributed by atoms with Gasteiger partial charge in [0.2, 0.25) is 10.0 Å². The van der Waals surface area contributed by atoms with E-state index in [1.807, 2.05) is 0 Å². The summed E-state index contributed by atoms with van der Waals surface area (Å²) in [6, 6.07) is 4.84. The lowest BCUT2D eigenvalue weighted by Gasteiger charge is -2.33. The molecule has 7 heteroatoms. The fourth-order valence-electron chi connectivity index (χ4n) is 2.28. The van der Waals surface area contributed by atoms with Crippen molar-refractivity contribution in [1.29, 1.82) is 0 Å². The van der Waals surface area contributed by atoms with E-state index in [4.69, 9.17) is 5.11 Å². The molecule has 112 valence electrons. The second-order valence-electron chi connectivity index (χ2n) is 4.76. The Kier molecular flexibility index (Phi) is 5.19. The van der Waals surface area contributed by atoms with E-state index in [0.717, 1.165) is 19.6 Å². The van der Waals surface area contributed by atoms with Crippen LogP contribution in [0.25, 0.3) is 0 Å². The first-order valence-corrected chi connectivity index (χ1v) is 8.84. The number of aliphatic hydroxyl groups is 1. The predicted molar refractivity (Wildman–Crippen MR) is 80.9 cm³/mol. The Labute approximate surface area is 128 Å². The molecule has 1 saturated heterocycles. The molecule has 5 nitrogen and oxygen atoms in total. The maximum Gasteiger partial charge on any atom is 0.244 e. The van der Waals surface area contributed by atoms with Crippen LogP contribution in [0.4, 0.5) is 0 Å². The number of hydrogen-bond acceptors (Lipinski definition) is 4. The van der Waals surface area contributed by atoms with Crippen LogP contribution in [0.3, 0.4) is 0 Å². The van der Waals surface area contributed by atoms with Crippen molar-refractivity contribution in [3.8, 4) is 0 Å². The number of benzene rings is 1. The van der Waals surface area contributed by atoms with E-state index in [2.05, 4.69) is 27.8 Å². The molecule has 0 saturated carbocycles. The van der Waals surface area contributed by atoms with E-state index in [1.54, 1.807) is 18.2 Å². The fourth-order valence-corrected chi connectivity index (χ4v) is 4.78. The Morgan fingerprint density at radius 1 is 1.25 bits per heavy atom. The van der Waals surface area contributed by atoms with Crippen molar-refractivity contribution in [1.82, 2.24) is 9.21 Å². The second-order valence-corrected chi connectivity index (χ2v) is 7.52. The van der Waals surface area contributed by atoms with Crippen LogP contribution >= 0.6 is 15.9 Å². The Bertz CT molecular complexity index is 569. The van der Waals surface area contributed by atoms with Crippen LogP contribution in [-0.4, -0.2) is 55.5 Å². The topological polar surface area (TPSA) is 60.9 Å². The van der Waals surface area contributed by atoms with Gasteiger partial charge in [0.05, 0.1) is 11.5 Å². The highest BCUT2D eigenvalue weighted by atomic mass is 79.9. The van der Waals surface area contributed by atoms with Crippen LogP contribution < -0.4 is 0 Å². The average Bonchev–Trinajstić information content (AvgIpc) is 2.46. The van der Waals surface area contributed by atoms with Gasteiger partial charge in [-0.05, 0) is 40.2 Å². The number of sulfonamides is 1. The molecular weight excluding hydrogens is 344 g/mol. The molecule has 1 aromatic carbocycles. The van der Waals surface area contributed by atoms with E-state index < -0.39 is 10.0 Å². The highest BCUT2D eigenvalue weighted by Gasteiger charge is 2.29. The first-order valence-electron chi connectivity index (χ1n) is 6.61. The molecular formula is C13H19BrN2O3S. The zero-order valence-electron chi connectivity index (χ0n) is 11.4. The van der Waals surface area contributed by atoms with Crippen LogP contribution in [0.5, 0.6) is 0 Å². The van der Waals surface area contributed by atoms with Crippen molar-refractivity contribution in [2.24, 2.45) is 0 Å². The third-order valence-corrected chi connectivity index (χ3v) is 6.45. The Morgan fingerprint density at radius 2 is 1.90 bits per heavy atom.